The van der Waals surface area contributed by atoms with Crippen molar-refractivity contribution < 1.29 is 23.6 Å². The summed E-state index contributed by atoms with van der Waals surface area (Å²) in [4.78, 5) is 25.8. The largest absolute Gasteiger partial charge is 0.543 e. The molecular weight excluding hydrogens is 497 g/mol. The Bertz CT molecular complexity index is 659. The third-order valence-corrected chi connectivity index (χ3v) is 8.09. The average Bonchev–Trinajstić information content (AvgIpc) is 3.01. The third-order valence-electron chi connectivity index (χ3n) is 5.56. The van der Waals surface area contributed by atoms with Gasteiger partial charge in [-0.05, 0) is 26.6 Å². The van der Waals surface area contributed by atoms with Crippen molar-refractivity contribution in [2.45, 2.75) is 50.3 Å². The highest BCUT2D eigenvalue weighted by Crippen LogP contribution is 2.47. The first-order valence-electron chi connectivity index (χ1n) is 9.19. The SMILES string of the molecule is C[C@]1(N)C(=O)N2C(C(=O)[O-])=C([N+]3(CCO[Si](C)(C)C)CCCC3)CS[C@@H]21.I. The molecular formula is C17H30IN3O4SSi. The molecule has 0 saturated carbocycles. The number of thioether (sulfide) groups is 1. The number of carboxylic acids is 1. The molecule has 2 saturated heterocycles. The molecule has 7 nitrogen and oxygen atoms in total. The van der Waals surface area contributed by atoms with Crippen molar-refractivity contribution in [3.63, 3.8) is 0 Å². The second-order valence-electron chi connectivity index (χ2n) is 8.69. The lowest BCUT2D eigenvalue weighted by Crippen LogP contribution is -2.77. The van der Waals surface area contributed by atoms with Crippen molar-refractivity contribution >= 4 is 55.9 Å². The van der Waals surface area contributed by atoms with Gasteiger partial charge in [0.1, 0.15) is 28.9 Å². The maximum Gasteiger partial charge on any atom is 0.251 e. The van der Waals surface area contributed by atoms with Crippen LogP contribution < -0.4 is 10.8 Å². The zero-order valence-electron chi connectivity index (χ0n) is 16.4. The number of quaternary nitrogens is 1. The van der Waals surface area contributed by atoms with E-state index < -0.39 is 19.8 Å². The summed E-state index contributed by atoms with van der Waals surface area (Å²) in [5.41, 5.74) is 5.92. The van der Waals surface area contributed by atoms with Gasteiger partial charge >= 0.3 is 0 Å². The summed E-state index contributed by atoms with van der Waals surface area (Å²) in [5.74, 6) is -1.04. The van der Waals surface area contributed by atoms with Crippen LogP contribution in [0.1, 0.15) is 19.8 Å². The Morgan fingerprint density at radius 1 is 1.41 bits per heavy atom. The number of carbonyl (C=O) groups excluding carboxylic acids is 2. The number of β-lactam (4-membered cyclic amide) rings is 1. The maximum absolute atomic E-state index is 12.5. The van der Waals surface area contributed by atoms with Gasteiger partial charge in [0.05, 0.1) is 31.4 Å². The molecule has 2 fully saturated rings. The fourth-order valence-corrected chi connectivity index (χ4v) is 6.41. The molecule has 154 valence electrons. The first-order valence-corrected chi connectivity index (χ1v) is 13.6. The predicted octanol–water partition coefficient (Wildman–Crippen LogP) is 0.661. The number of fused-ring (bicyclic) bond motifs is 1. The van der Waals surface area contributed by atoms with E-state index in [2.05, 4.69) is 19.6 Å². The number of halogens is 1. The van der Waals surface area contributed by atoms with Crippen molar-refractivity contribution in [1.29, 1.82) is 0 Å². The van der Waals surface area contributed by atoms with Crippen LogP contribution in [0.4, 0.5) is 0 Å². The van der Waals surface area contributed by atoms with Crippen molar-refractivity contribution in [3.8, 4) is 0 Å². The summed E-state index contributed by atoms with van der Waals surface area (Å²) in [6.45, 7) is 11.2. The van der Waals surface area contributed by atoms with Gasteiger partial charge in [-0.2, -0.15) is 0 Å². The number of hydrogen-bond donors (Lipinski definition) is 1. The molecule has 0 radical (unpaired) electrons. The highest BCUT2D eigenvalue weighted by molar-refractivity contribution is 14.0. The van der Waals surface area contributed by atoms with Gasteiger partial charge in [-0.3, -0.25) is 14.2 Å². The van der Waals surface area contributed by atoms with Crippen molar-refractivity contribution in [2.24, 2.45) is 5.73 Å². The van der Waals surface area contributed by atoms with Crippen LogP contribution in [-0.4, -0.2) is 72.5 Å². The number of carbonyl (C=O) groups is 2. The van der Waals surface area contributed by atoms with E-state index in [1.165, 1.54) is 4.90 Å². The number of aliphatic carboxylic acids is 1. The topological polar surface area (TPSA) is 95.7 Å². The van der Waals surface area contributed by atoms with Crippen LogP contribution in [0.2, 0.25) is 19.6 Å². The zero-order valence-corrected chi connectivity index (χ0v) is 20.6. The quantitative estimate of drug-likeness (QED) is 0.236. The molecule has 2 N–H and O–H groups in total. The van der Waals surface area contributed by atoms with Crippen molar-refractivity contribution in [3.05, 3.63) is 11.4 Å². The molecule has 0 spiro atoms. The van der Waals surface area contributed by atoms with E-state index in [1.807, 2.05) is 0 Å². The minimum absolute atomic E-state index is 0. The lowest BCUT2D eigenvalue weighted by Gasteiger charge is -2.56. The number of amides is 1. The molecule has 3 heterocycles. The molecule has 2 atom stereocenters. The summed E-state index contributed by atoms with van der Waals surface area (Å²) >= 11 is 1.56. The number of rotatable bonds is 6. The Morgan fingerprint density at radius 2 is 2.00 bits per heavy atom. The molecule has 0 aromatic carbocycles. The van der Waals surface area contributed by atoms with Crippen LogP contribution in [0, 0.1) is 0 Å². The molecule has 0 aromatic heterocycles. The van der Waals surface area contributed by atoms with Crippen LogP contribution in [-0.2, 0) is 14.0 Å². The molecule has 0 aliphatic carbocycles. The van der Waals surface area contributed by atoms with E-state index in [9.17, 15) is 14.7 Å². The monoisotopic (exact) mass is 527 g/mol. The number of likely N-dealkylation sites (tertiary alicyclic amines) is 1. The zero-order chi connectivity index (χ0) is 19.3. The van der Waals surface area contributed by atoms with Gasteiger partial charge in [0, 0.05) is 12.8 Å². The Kier molecular flexibility index (Phi) is 6.80. The molecule has 10 heteroatoms. The van der Waals surface area contributed by atoms with Crippen molar-refractivity contribution in [1.82, 2.24) is 4.90 Å². The lowest BCUT2D eigenvalue weighted by molar-refractivity contribution is -0.880. The average molecular weight is 528 g/mol. The summed E-state index contributed by atoms with van der Waals surface area (Å²) < 4.78 is 6.65. The summed E-state index contributed by atoms with van der Waals surface area (Å²) in [6.07, 6.45) is 2.10. The van der Waals surface area contributed by atoms with Crippen molar-refractivity contribution in [2.75, 3.05) is 32.0 Å². The second-order valence-corrected chi connectivity index (χ2v) is 14.3. The van der Waals surface area contributed by atoms with E-state index in [1.54, 1.807) is 18.7 Å². The Hall–Kier alpha value is -0.143. The van der Waals surface area contributed by atoms with E-state index in [0.29, 0.717) is 16.8 Å². The standard InChI is InChI=1S/C17H29N3O4SSi.HI/c1-17(18)15(23)19-13(14(21)22)12(11-25-16(17)19)20(7-5-6-8-20)9-10-24-26(2,3)4;/h16H,5-11,18H2,1-4H3;1H/t16-,17+;/m1./s1. The summed E-state index contributed by atoms with van der Waals surface area (Å²) in [7, 11) is -1.63. The Morgan fingerprint density at radius 3 is 2.52 bits per heavy atom. The van der Waals surface area contributed by atoms with Gasteiger partial charge in [0.2, 0.25) is 0 Å². The number of nitrogens with two attached hydrogens (primary N) is 1. The molecule has 3 rings (SSSR count). The van der Waals surface area contributed by atoms with Crippen LogP contribution in [0.3, 0.4) is 0 Å². The highest BCUT2D eigenvalue weighted by atomic mass is 127. The van der Waals surface area contributed by atoms with Crippen LogP contribution in [0.15, 0.2) is 11.4 Å². The molecule has 0 aromatic rings. The van der Waals surface area contributed by atoms with Gasteiger partial charge in [-0.25, -0.2) is 0 Å². The predicted molar refractivity (Wildman–Crippen MR) is 117 cm³/mol. The lowest BCUT2D eigenvalue weighted by atomic mass is 9.90. The second kappa shape index (κ2) is 7.94. The highest BCUT2D eigenvalue weighted by Gasteiger charge is 2.61. The summed E-state index contributed by atoms with van der Waals surface area (Å²) in [6, 6.07) is 0. The van der Waals surface area contributed by atoms with Crippen LogP contribution in [0.25, 0.3) is 0 Å². The van der Waals surface area contributed by atoms with Gasteiger partial charge in [0.25, 0.3) is 5.91 Å². The van der Waals surface area contributed by atoms with E-state index in [4.69, 9.17) is 10.2 Å². The maximum atomic E-state index is 12.5. The number of hydrogen-bond acceptors (Lipinski definition) is 6. The van der Waals surface area contributed by atoms with Gasteiger partial charge in [0.15, 0.2) is 8.32 Å². The first kappa shape index (κ1) is 23.1. The smallest absolute Gasteiger partial charge is 0.251 e. The number of carboxylic acid groups (broad SMARTS) is 1. The molecule has 3 aliphatic heterocycles. The van der Waals surface area contributed by atoms with Crippen LogP contribution >= 0.6 is 35.7 Å². The number of nitrogens with zero attached hydrogens (tertiary/aromatic N) is 2. The molecule has 3 aliphatic rings. The fourth-order valence-electron chi connectivity index (χ4n) is 4.18. The van der Waals surface area contributed by atoms with E-state index in [0.717, 1.165) is 38.2 Å². The molecule has 0 unspecified atom stereocenters. The minimum atomic E-state index is -1.63. The van der Waals surface area contributed by atoms with Gasteiger partial charge in [-0.15, -0.1) is 35.7 Å². The van der Waals surface area contributed by atoms with E-state index in [-0.39, 0.29) is 41.0 Å². The third kappa shape index (κ3) is 4.11. The Labute approximate surface area is 183 Å². The summed E-state index contributed by atoms with van der Waals surface area (Å²) in [5, 5.41) is 11.7. The molecule has 27 heavy (non-hydrogen) atoms. The fraction of sp³-hybridized carbons (Fsp3) is 0.765. The first-order chi connectivity index (χ1) is 12.0. The van der Waals surface area contributed by atoms with Gasteiger partial charge < -0.3 is 20.1 Å². The van der Waals surface area contributed by atoms with Gasteiger partial charge in [-0.1, -0.05) is 0 Å². The minimum Gasteiger partial charge on any atom is -0.543 e. The molecule has 1 amide bonds. The Balaban J connectivity index is 0.00000261. The molecule has 0 bridgehead atoms. The van der Waals surface area contributed by atoms with Crippen LogP contribution in [0.5, 0.6) is 0 Å². The normalized spacial score (nSPS) is 29.9. The van der Waals surface area contributed by atoms with E-state index >= 15 is 0 Å².